The van der Waals surface area contributed by atoms with Crippen molar-refractivity contribution in [3.63, 3.8) is 0 Å². The highest BCUT2D eigenvalue weighted by molar-refractivity contribution is 7.90. The van der Waals surface area contributed by atoms with E-state index in [1.807, 2.05) is 30.3 Å². The lowest BCUT2D eigenvalue weighted by Crippen LogP contribution is -2.31. The van der Waals surface area contributed by atoms with E-state index in [2.05, 4.69) is 9.71 Å². The molecule has 0 saturated carbocycles. The predicted molar refractivity (Wildman–Crippen MR) is 94.5 cm³/mol. The van der Waals surface area contributed by atoms with E-state index in [0.29, 0.717) is 11.4 Å². The molecule has 1 N–H and O–H groups in total. The lowest BCUT2D eigenvalue weighted by Gasteiger charge is -2.07. The fourth-order valence-corrected chi connectivity index (χ4v) is 3.73. The van der Waals surface area contributed by atoms with E-state index >= 15 is 0 Å². The number of rotatable bonds is 4. The molecule has 2 aromatic carbocycles. The monoisotopic (exact) mass is 355 g/mol. The second-order valence-corrected chi connectivity index (χ2v) is 7.28. The highest BCUT2D eigenvalue weighted by Crippen LogP contribution is 2.18. The highest BCUT2D eigenvalue weighted by Gasteiger charge is 2.22. The maximum absolute atomic E-state index is 12.4. The number of amides is 1. The SMILES string of the molecule is Cc1ccccc1S(=O)(=O)NC(=O)c1cn(C)c(-c2ccccc2)n1. The Bertz CT molecular complexity index is 1020. The molecular weight excluding hydrogens is 338 g/mol. The molecule has 0 fully saturated rings. The van der Waals surface area contributed by atoms with Crippen molar-refractivity contribution in [2.24, 2.45) is 7.05 Å². The van der Waals surface area contributed by atoms with E-state index in [1.165, 1.54) is 12.3 Å². The number of carbonyl (C=O) groups is 1. The summed E-state index contributed by atoms with van der Waals surface area (Å²) in [5.41, 5.74) is 1.44. The molecule has 0 radical (unpaired) electrons. The van der Waals surface area contributed by atoms with E-state index in [4.69, 9.17) is 0 Å². The number of aromatic nitrogens is 2. The number of hydrogen-bond acceptors (Lipinski definition) is 4. The standard InChI is InChI=1S/C18H17N3O3S/c1-13-8-6-7-11-16(13)25(23,24)20-18(22)15-12-21(2)17(19-15)14-9-4-3-5-10-14/h3-12H,1-2H3,(H,20,22). The molecule has 7 heteroatoms. The summed E-state index contributed by atoms with van der Waals surface area (Å²) in [5, 5.41) is 0. The van der Waals surface area contributed by atoms with Crippen LogP contribution < -0.4 is 4.72 Å². The maximum Gasteiger partial charge on any atom is 0.285 e. The Balaban J connectivity index is 1.89. The fraction of sp³-hybridized carbons (Fsp3) is 0.111. The molecule has 0 unspecified atom stereocenters. The van der Waals surface area contributed by atoms with Crippen molar-refractivity contribution >= 4 is 15.9 Å². The molecule has 6 nitrogen and oxygen atoms in total. The summed E-state index contributed by atoms with van der Waals surface area (Å²) in [5.74, 6) is -0.180. The minimum absolute atomic E-state index is 0.0403. The van der Waals surface area contributed by atoms with Gasteiger partial charge in [0.2, 0.25) is 0 Å². The molecule has 3 rings (SSSR count). The molecule has 0 saturated heterocycles. The van der Waals surface area contributed by atoms with Crippen molar-refractivity contribution in [3.8, 4) is 11.4 Å². The number of nitrogens with one attached hydrogen (secondary N) is 1. The van der Waals surface area contributed by atoms with Gasteiger partial charge in [0.1, 0.15) is 11.5 Å². The lowest BCUT2D eigenvalue weighted by molar-refractivity contribution is 0.0977. The second-order valence-electron chi connectivity index (χ2n) is 5.63. The molecule has 1 aromatic heterocycles. The van der Waals surface area contributed by atoms with E-state index < -0.39 is 15.9 Å². The summed E-state index contributed by atoms with van der Waals surface area (Å²) in [4.78, 5) is 16.7. The van der Waals surface area contributed by atoms with Crippen LogP contribution in [-0.4, -0.2) is 23.9 Å². The van der Waals surface area contributed by atoms with Crippen LogP contribution in [0.1, 0.15) is 16.1 Å². The van der Waals surface area contributed by atoms with Crippen LogP contribution >= 0.6 is 0 Å². The molecule has 0 spiro atoms. The summed E-state index contributed by atoms with van der Waals surface area (Å²) in [6, 6.07) is 15.8. The number of nitrogens with zero attached hydrogens (tertiary/aromatic N) is 2. The van der Waals surface area contributed by atoms with Crippen molar-refractivity contribution in [1.82, 2.24) is 14.3 Å². The van der Waals surface area contributed by atoms with Gasteiger partial charge in [0, 0.05) is 18.8 Å². The molecular formula is C18H17N3O3S. The maximum atomic E-state index is 12.4. The third kappa shape index (κ3) is 3.46. The normalized spacial score (nSPS) is 11.3. The Morgan fingerprint density at radius 3 is 2.36 bits per heavy atom. The summed E-state index contributed by atoms with van der Waals surface area (Å²) in [6.45, 7) is 1.67. The van der Waals surface area contributed by atoms with Crippen molar-refractivity contribution < 1.29 is 13.2 Å². The third-order valence-corrected chi connectivity index (χ3v) is 5.24. The number of carbonyl (C=O) groups excluding carboxylic acids is 1. The predicted octanol–water partition coefficient (Wildman–Crippen LogP) is 2.51. The van der Waals surface area contributed by atoms with Crippen molar-refractivity contribution in [1.29, 1.82) is 0 Å². The van der Waals surface area contributed by atoms with E-state index in [-0.39, 0.29) is 10.6 Å². The summed E-state index contributed by atoms with van der Waals surface area (Å²) >= 11 is 0. The molecule has 25 heavy (non-hydrogen) atoms. The number of benzene rings is 2. The lowest BCUT2D eigenvalue weighted by atomic mass is 10.2. The summed E-state index contributed by atoms with van der Waals surface area (Å²) in [6.07, 6.45) is 1.50. The molecule has 0 atom stereocenters. The van der Waals surface area contributed by atoms with E-state index in [1.54, 1.807) is 36.7 Å². The van der Waals surface area contributed by atoms with Gasteiger partial charge in [-0.2, -0.15) is 0 Å². The van der Waals surface area contributed by atoms with Gasteiger partial charge in [0.05, 0.1) is 4.90 Å². The molecule has 0 aliphatic rings. The van der Waals surface area contributed by atoms with Gasteiger partial charge in [-0.05, 0) is 18.6 Å². The van der Waals surface area contributed by atoms with Crippen molar-refractivity contribution in [3.05, 3.63) is 72.1 Å². The summed E-state index contributed by atoms with van der Waals surface area (Å²) < 4.78 is 28.6. The number of imidazole rings is 1. The first-order chi connectivity index (χ1) is 11.9. The van der Waals surface area contributed by atoms with Gasteiger partial charge >= 0.3 is 0 Å². The molecule has 1 amide bonds. The average Bonchev–Trinajstić information content (AvgIpc) is 2.97. The smallest absolute Gasteiger partial charge is 0.285 e. The fourth-order valence-electron chi connectivity index (χ4n) is 2.52. The second kappa shape index (κ2) is 6.52. The van der Waals surface area contributed by atoms with Crippen LogP contribution in [-0.2, 0) is 17.1 Å². The van der Waals surface area contributed by atoms with Gasteiger partial charge in [-0.1, -0.05) is 48.5 Å². The summed E-state index contributed by atoms with van der Waals surface area (Å²) in [7, 11) is -2.20. The largest absolute Gasteiger partial charge is 0.333 e. The molecule has 1 heterocycles. The molecule has 0 bridgehead atoms. The van der Waals surface area contributed by atoms with Gasteiger partial charge in [-0.15, -0.1) is 0 Å². The molecule has 3 aromatic rings. The average molecular weight is 355 g/mol. The molecule has 0 aliphatic heterocycles. The van der Waals surface area contributed by atoms with E-state index in [0.717, 1.165) is 5.56 Å². The first kappa shape index (κ1) is 16.9. The Morgan fingerprint density at radius 1 is 1.04 bits per heavy atom. The number of sulfonamides is 1. The third-order valence-electron chi connectivity index (χ3n) is 3.75. The van der Waals surface area contributed by atoms with Crippen LogP contribution in [0.3, 0.4) is 0 Å². The van der Waals surface area contributed by atoms with Crippen LogP contribution in [0.15, 0.2) is 65.7 Å². The highest BCUT2D eigenvalue weighted by atomic mass is 32.2. The van der Waals surface area contributed by atoms with Crippen molar-refractivity contribution in [2.45, 2.75) is 11.8 Å². The van der Waals surface area contributed by atoms with Crippen LogP contribution in [0, 0.1) is 6.92 Å². The van der Waals surface area contributed by atoms with Crippen LogP contribution in [0.2, 0.25) is 0 Å². The Hall–Kier alpha value is -2.93. The van der Waals surface area contributed by atoms with E-state index in [9.17, 15) is 13.2 Å². The first-order valence-electron chi connectivity index (χ1n) is 7.60. The van der Waals surface area contributed by atoms with Crippen molar-refractivity contribution in [2.75, 3.05) is 0 Å². The zero-order valence-corrected chi connectivity index (χ0v) is 14.6. The topological polar surface area (TPSA) is 81.1 Å². The van der Waals surface area contributed by atoms with Crippen LogP contribution in [0.25, 0.3) is 11.4 Å². The number of hydrogen-bond donors (Lipinski definition) is 1. The minimum atomic E-state index is -3.96. The van der Waals surface area contributed by atoms with Gasteiger partial charge in [-0.3, -0.25) is 4.79 Å². The first-order valence-corrected chi connectivity index (χ1v) is 9.08. The van der Waals surface area contributed by atoms with Gasteiger partial charge < -0.3 is 4.57 Å². The minimum Gasteiger partial charge on any atom is -0.333 e. The van der Waals surface area contributed by atoms with Crippen LogP contribution in [0.4, 0.5) is 0 Å². The van der Waals surface area contributed by atoms with Crippen LogP contribution in [0.5, 0.6) is 0 Å². The zero-order chi connectivity index (χ0) is 18.0. The Labute approximate surface area is 146 Å². The van der Waals surface area contributed by atoms with Gasteiger partial charge in [-0.25, -0.2) is 18.1 Å². The molecule has 128 valence electrons. The molecule has 0 aliphatic carbocycles. The van der Waals surface area contributed by atoms with Gasteiger partial charge in [0.15, 0.2) is 0 Å². The zero-order valence-electron chi connectivity index (χ0n) is 13.8. The quantitative estimate of drug-likeness (QED) is 0.780. The Morgan fingerprint density at radius 2 is 1.68 bits per heavy atom. The van der Waals surface area contributed by atoms with Gasteiger partial charge in [0.25, 0.3) is 15.9 Å². The Kier molecular flexibility index (Phi) is 4.41. The number of aryl methyl sites for hydroxylation is 2.